The molecule has 1 aliphatic heterocycles. The lowest BCUT2D eigenvalue weighted by Crippen LogP contribution is -2.19. The first-order valence-corrected chi connectivity index (χ1v) is 5.86. The zero-order chi connectivity index (χ0) is 11.8. The van der Waals surface area contributed by atoms with Crippen LogP contribution in [0.2, 0.25) is 0 Å². The molecule has 0 saturated heterocycles. The van der Waals surface area contributed by atoms with E-state index in [0.717, 1.165) is 18.5 Å². The quantitative estimate of drug-likeness (QED) is 0.769. The summed E-state index contributed by atoms with van der Waals surface area (Å²) in [7, 11) is 0. The highest BCUT2D eigenvalue weighted by Crippen LogP contribution is 2.27. The SMILES string of the molecule is CC(C)(C)Cc1ccc2c(c1)NC(=O)CC2. The number of hydrogen-bond acceptors (Lipinski definition) is 1. The van der Waals surface area contributed by atoms with E-state index in [9.17, 15) is 4.79 Å². The highest BCUT2D eigenvalue weighted by atomic mass is 16.1. The zero-order valence-corrected chi connectivity index (χ0v) is 10.3. The van der Waals surface area contributed by atoms with Gasteiger partial charge in [-0.2, -0.15) is 0 Å². The number of benzene rings is 1. The summed E-state index contributed by atoms with van der Waals surface area (Å²) in [4.78, 5) is 11.3. The van der Waals surface area contributed by atoms with E-state index < -0.39 is 0 Å². The van der Waals surface area contributed by atoms with Crippen molar-refractivity contribution in [3.05, 3.63) is 29.3 Å². The summed E-state index contributed by atoms with van der Waals surface area (Å²) < 4.78 is 0. The van der Waals surface area contributed by atoms with Crippen molar-refractivity contribution < 1.29 is 4.79 Å². The zero-order valence-electron chi connectivity index (χ0n) is 10.3. The van der Waals surface area contributed by atoms with Crippen molar-refractivity contribution in [3.8, 4) is 0 Å². The topological polar surface area (TPSA) is 29.1 Å². The van der Waals surface area contributed by atoms with Crippen molar-refractivity contribution >= 4 is 11.6 Å². The number of fused-ring (bicyclic) bond motifs is 1. The molecular formula is C14H19NO. The second-order valence-electron chi connectivity index (χ2n) is 5.78. The van der Waals surface area contributed by atoms with Crippen LogP contribution >= 0.6 is 0 Å². The summed E-state index contributed by atoms with van der Waals surface area (Å²) in [5, 5.41) is 2.95. The van der Waals surface area contributed by atoms with Crippen molar-refractivity contribution in [1.29, 1.82) is 0 Å². The van der Waals surface area contributed by atoms with Gasteiger partial charge in [0.05, 0.1) is 0 Å². The number of hydrogen-bond donors (Lipinski definition) is 1. The van der Waals surface area contributed by atoms with E-state index in [1.165, 1.54) is 11.1 Å². The van der Waals surface area contributed by atoms with E-state index in [4.69, 9.17) is 0 Å². The van der Waals surface area contributed by atoms with Gasteiger partial charge in [0, 0.05) is 12.1 Å². The Kier molecular flexibility index (Phi) is 2.75. The summed E-state index contributed by atoms with van der Waals surface area (Å²) in [6.45, 7) is 6.68. The number of rotatable bonds is 1. The van der Waals surface area contributed by atoms with Crippen LogP contribution in [0.25, 0.3) is 0 Å². The van der Waals surface area contributed by atoms with Gasteiger partial charge in [-0.05, 0) is 35.4 Å². The van der Waals surface area contributed by atoms with Crippen molar-refractivity contribution in [2.75, 3.05) is 5.32 Å². The van der Waals surface area contributed by atoms with Gasteiger partial charge in [-0.15, -0.1) is 0 Å². The molecule has 1 aromatic rings. The Morgan fingerprint density at radius 3 is 2.69 bits per heavy atom. The molecule has 1 aliphatic rings. The molecule has 16 heavy (non-hydrogen) atoms. The lowest BCUT2D eigenvalue weighted by molar-refractivity contribution is -0.116. The van der Waals surface area contributed by atoms with Crippen LogP contribution < -0.4 is 5.32 Å². The lowest BCUT2D eigenvalue weighted by Gasteiger charge is -2.21. The van der Waals surface area contributed by atoms with Crippen LogP contribution in [0.5, 0.6) is 0 Å². The predicted molar refractivity (Wildman–Crippen MR) is 66.6 cm³/mol. The molecule has 0 bridgehead atoms. The molecule has 0 saturated carbocycles. The molecule has 0 fully saturated rings. The first-order valence-electron chi connectivity index (χ1n) is 5.86. The Morgan fingerprint density at radius 2 is 2.00 bits per heavy atom. The van der Waals surface area contributed by atoms with Crippen molar-refractivity contribution in [3.63, 3.8) is 0 Å². The molecule has 2 rings (SSSR count). The minimum absolute atomic E-state index is 0.139. The standard InChI is InChI=1S/C14H19NO/c1-14(2,3)9-10-4-5-11-6-7-13(16)15-12(11)8-10/h4-5,8H,6-7,9H2,1-3H3,(H,15,16). The van der Waals surface area contributed by atoms with Crippen LogP contribution in [-0.4, -0.2) is 5.91 Å². The van der Waals surface area contributed by atoms with E-state index in [1.807, 2.05) is 0 Å². The molecule has 0 unspecified atom stereocenters. The molecule has 0 atom stereocenters. The normalized spacial score (nSPS) is 15.6. The predicted octanol–water partition coefficient (Wildman–Crippen LogP) is 3.16. The second kappa shape index (κ2) is 3.93. The highest BCUT2D eigenvalue weighted by Gasteiger charge is 2.16. The van der Waals surface area contributed by atoms with Gasteiger partial charge in [0.2, 0.25) is 5.91 Å². The number of nitrogens with one attached hydrogen (secondary N) is 1. The monoisotopic (exact) mass is 217 g/mol. The van der Waals surface area contributed by atoms with E-state index in [0.29, 0.717) is 6.42 Å². The number of carbonyl (C=O) groups excluding carboxylic acids is 1. The third-order valence-electron chi connectivity index (χ3n) is 2.80. The molecule has 0 spiro atoms. The largest absolute Gasteiger partial charge is 0.326 e. The van der Waals surface area contributed by atoms with Gasteiger partial charge in [-0.1, -0.05) is 32.9 Å². The van der Waals surface area contributed by atoms with E-state index >= 15 is 0 Å². The average Bonchev–Trinajstić information content (AvgIpc) is 2.14. The maximum absolute atomic E-state index is 11.3. The minimum atomic E-state index is 0.139. The van der Waals surface area contributed by atoms with Crippen LogP contribution in [0.15, 0.2) is 18.2 Å². The van der Waals surface area contributed by atoms with Crippen LogP contribution in [0.3, 0.4) is 0 Å². The fourth-order valence-electron chi connectivity index (χ4n) is 2.14. The molecule has 86 valence electrons. The van der Waals surface area contributed by atoms with E-state index in [2.05, 4.69) is 44.3 Å². The van der Waals surface area contributed by atoms with E-state index in [-0.39, 0.29) is 11.3 Å². The van der Waals surface area contributed by atoms with Crippen molar-refractivity contribution in [2.45, 2.75) is 40.0 Å². The summed E-state index contributed by atoms with van der Waals surface area (Å²) in [5.41, 5.74) is 3.86. The number of amides is 1. The fourth-order valence-corrected chi connectivity index (χ4v) is 2.14. The second-order valence-corrected chi connectivity index (χ2v) is 5.78. The summed E-state index contributed by atoms with van der Waals surface area (Å²) in [6.07, 6.45) is 2.53. The first-order chi connectivity index (χ1) is 7.44. The maximum Gasteiger partial charge on any atom is 0.224 e. The van der Waals surface area contributed by atoms with Gasteiger partial charge >= 0.3 is 0 Å². The summed E-state index contributed by atoms with van der Waals surface area (Å²) in [6, 6.07) is 6.45. The Bertz CT molecular complexity index is 415. The van der Waals surface area contributed by atoms with Gasteiger partial charge in [0.25, 0.3) is 0 Å². The van der Waals surface area contributed by atoms with Crippen LogP contribution in [0.1, 0.15) is 38.3 Å². The molecule has 1 aromatic carbocycles. The molecule has 1 heterocycles. The summed E-state index contributed by atoms with van der Waals surface area (Å²) >= 11 is 0. The van der Waals surface area contributed by atoms with E-state index in [1.54, 1.807) is 0 Å². The smallest absolute Gasteiger partial charge is 0.224 e. The number of anilines is 1. The van der Waals surface area contributed by atoms with Gasteiger partial charge < -0.3 is 5.32 Å². The Morgan fingerprint density at radius 1 is 1.25 bits per heavy atom. The Hall–Kier alpha value is -1.31. The molecule has 1 amide bonds. The summed E-state index contributed by atoms with van der Waals surface area (Å²) in [5.74, 6) is 0.139. The minimum Gasteiger partial charge on any atom is -0.326 e. The van der Waals surface area contributed by atoms with Gasteiger partial charge in [0.1, 0.15) is 0 Å². The van der Waals surface area contributed by atoms with Crippen molar-refractivity contribution in [2.24, 2.45) is 5.41 Å². The molecular weight excluding hydrogens is 198 g/mol. The lowest BCUT2D eigenvalue weighted by atomic mass is 9.87. The molecule has 2 heteroatoms. The van der Waals surface area contributed by atoms with Gasteiger partial charge in [0.15, 0.2) is 0 Å². The maximum atomic E-state index is 11.3. The molecule has 0 radical (unpaired) electrons. The Labute approximate surface area is 97.1 Å². The van der Waals surface area contributed by atoms with Crippen molar-refractivity contribution in [1.82, 2.24) is 0 Å². The Balaban J connectivity index is 2.24. The molecule has 2 nitrogen and oxygen atoms in total. The van der Waals surface area contributed by atoms with Gasteiger partial charge in [-0.3, -0.25) is 4.79 Å². The van der Waals surface area contributed by atoms with Crippen LogP contribution in [0.4, 0.5) is 5.69 Å². The van der Waals surface area contributed by atoms with Crippen LogP contribution in [-0.2, 0) is 17.6 Å². The molecule has 0 aromatic heterocycles. The van der Waals surface area contributed by atoms with Gasteiger partial charge in [-0.25, -0.2) is 0 Å². The van der Waals surface area contributed by atoms with Crippen LogP contribution in [0, 0.1) is 5.41 Å². The number of carbonyl (C=O) groups is 1. The highest BCUT2D eigenvalue weighted by molar-refractivity contribution is 5.93. The third kappa shape index (κ3) is 2.63. The fraction of sp³-hybridized carbons (Fsp3) is 0.500. The average molecular weight is 217 g/mol. The third-order valence-corrected chi connectivity index (χ3v) is 2.80. The molecule has 0 aliphatic carbocycles. The first kappa shape index (κ1) is 11.2. The molecule has 1 N–H and O–H groups in total. The number of aryl methyl sites for hydroxylation is 1.